The standard InChI is InChI=1S/C31H43N7O2/c1-7-18-31(39-19-8-2,40-20-9-3)29-32-27(38(35-29)22-30(4,5)6)21-23-14-16-24(17-15-23)25-12-10-11-13-26(25)28-33-36-37-34-28/h10-17H,7-9,18-22H2,1-6H3,(H,33,34,36,37). The van der Waals surface area contributed by atoms with Crippen molar-refractivity contribution in [2.45, 2.75) is 86.0 Å². The number of rotatable bonds is 14. The lowest BCUT2D eigenvalue weighted by Crippen LogP contribution is -2.35. The van der Waals surface area contributed by atoms with Crippen LogP contribution in [0.25, 0.3) is 22.5 Å². The minimum atomic E-state index is -0.929. The number of hydrogen-bond donors (Lipinski definition) is 1. The van der Waals surface area contributed by atoms with Crippen LogP contribution in [0, 0.1) is 5.41 Å². The Morgan fingerprint density at radius 2 is 1.52 bits per heavy atom. The second-order valence-corrected chi connectivity index (χ2v) is 11.4. The molecule has 0 fully saturated rings. The van der Waals surface area contributed by atoms with Crippen molar-refractivity contribution >= 4 is 0 Å². The van der Waals surface area contributed by atoms with Crippen molar-refractivity contribution in [3.05, 3.63) is 65.7 Å². The number of H-pyrrole nitrogens is 1. The van der Waals surface area contributed by atoms with Crippen molar-refractivity contribution in [2.75, 3.05) is 13.2 Å². The fourth-order valence-electron chi connectivity index (χ4n) is 4.72. The van der Waals surface area contributed by atoms with Crippen molar-refractivity contribution in [1.29, 1.82) is 0 Å². The van der Waals surface area contributed by atoms with E-state index in [1.165, 1.54) is 0 Å². The Bertz CT molecular complexity index is 1320. The highest BCUT2D eigenvalue weighted by atomic mass is 16.7. The van der Waals surface area contributed by atoms with E-state index < -0.39 is 5.79 Å². The van der Waals surface area contributed by atoms with Crippen LogP contribution < -0.4 is 0 Å². The summed E-state index contributed by atoms with van der Waals surface area (Å²) in [4.78, 5) is 5.09. The summed E-state index contributed by atoms with van der Waals surface area (Å²) in [5, 5.41) is 19.6. The summed E-state index contributed by atoms with van der Waals surface area (Å²) in [5.41, 5.74) is 4.26. The molecule has 0 radical (unpaired) electrons. The van der Waals surface area contributed by atoms with Gasteiger partial charge >= 0.3 is 0 Å². The minimum Gasteiger partial charge on any atom is -0.343 e. The molecule has 1 N–H and O–H groups in total. The van der Waals surface area contributed by atoms with E-state index in [-0.39, 0.29) is 5.41 Å². The first-order valence-corrected chi connectivity index (χ1v) is 14.4. The molecule has 0 amide bonds. The number of nitrogens with one attached hydrogen (secondary N) is 1. The molecule has 2 heterocycles. The molecule has 4 rings (SSSR count). The van der Waals surface area contributed by atoms with E-state index in [0.717, 1.165) is 53.9 Å². The molecule has 0 spiro atoms. The summed E-state index contributed by atoms with van der Waals surface area (Å²) in [5.74, 6) is 1.18. The topological polar surface area (TPSA) is 104 Å². The van der Waals surface area contributed by atoms with Gasteiger partial charge in [-0.3, -0.25) is 0 Å². The number of ether oxygens (including phenoxy) is 2. The summed E-state index contributed by atoms with van der Waals surface area (Å²) in [6.07, 6.45) is 4.07. The maximum absolute atomic E-state index is 6.39. The van der Waals surface area contributed by atoms with Gasteiger partial charge in [-0.25, -0.2) is 9.67 Å². The molecule has 40 heavy (non-hydrogen) atoms. The van der Waals surface area contributed by atoms with Crippen LogP contribution in [0.2, 0.25) is 0 Å². The minimum absolute atomic E-state index is 0.0322. The van der Waals surface area contributed by atoms with E-state index in [0.29, 0.717) is 37.7 Å². The van der Waals surface area contributed by atoms with Crippen molar-refractivity contribution in [1.82, 2.24) is 35.4 Å². The molecule has 214 valence electrons. The van der Waals surface area contributed by atoms with Crippen molar-refractivity contribution < 1.29 is 9.47 Å². The van der Waals surface area contributed by atoms with Crippen LogP contribution in [0.3, 0.4) is 0 Å². The maximum Gasteiger partial charge on any atom is 0.232 e. The van der Waals surface area contributed by atoms with Gasteiger partial charge in [0.2, 0.25) is 17.4 Å². The number of tetrazole rings is 1. The first kappa shape index (κ1) is 29.6. The van der Waals surface area contributed by atoms with Crippen LogP contribution in [0.5, 0.6) is 0 Å². The molecule has 0 bridgehead atoms. The smallest absolute Gasteiger partial charge is 0.232 e. The highest BCUT2D eigenvalue weighted by Crippen LogP contribution is 2.33. The molecule has 9 nitrogen and oxygen atoms in total. The predicted molar refractivity (Wildman–Crippen MR) is 156 cm³/mol. The van der Waals surface area contributed by atoms with Gasteiger partial charge in [0.15, 0.2) is 0 Å². The molecule has 2 aromatic heterocycles. The SMILES string of the molecule is CCCOC(CCC)(OCCC)c1nc(Cc2ccc(-c3ccccc3-c3nn[nH]n3)cc2)n(CC(C)(C)C)n1. The van der Waals surface area contributed by atoms with Gasteiger partial charge in [-0.05, 0) is 40.2 Å². The van der Waals surface area contributed by atoms with Gasteiger partial charge in [-0.15, -0.1) is 10.2 Å². The first-order valence-electron chi connectivity index (χ1n) is 14.4. The molecule has 0 unspecified atom stereocenters. The summed E-state index contributed by atoms with van der Waals surface area (Å²) < 4.78 is 14.8. The third kappa shape index (κ3) is 7.20. The van der Waals surface area contributed by atoms with Crippen LogP contribution in [0.4, 0.5) is 0 Å². The first-order chi connectivity index (χ1) is 19.3. The van der Waals surface area contributed by atoms with Crippen LogP contribution in [0.15, 0.2) is 48.5 Å². The van der Waals surface area contributed by atoms with Gasteiger partial charge in [0, 0.05) is 24.9 Å². The van der Waals surface area contributed by atoms with Crippen LogP contribution in [-0.2, 0) is 28.2 Å². The van der Waals surface area contributed by atoms with E-state index in [4.69, 9.17) is 19.6 Å². The van der Waals surface area contributed by atoms with Gasteiger partial charge in [-0.2, -0.15) is 10.3 Å². The van der Waals surface area contributed by atoms with Crippen LogP contribution in [-0.4, -0.2) is 48.6 Å². The molecular weight excluding hydrogens is 502 g/mol. The highest BCUT2D eigenvalue weighted by Gasteiger charge is 2.39. The molecule has 4 aromatic rings. The molecule has 0 aliphatic carbocycles. The Labute approximate surface area is 237 Å². The summed E-state index contributed by atoms with van der Waals surface area (Å²) >= 11 is 0. The molecule has 2 aromatic carbocycles. The fraction of sp³-hybridized carbons (Fsp3) is 0.516. The molecule has 0 aliphatic heterocycles. The lowest BCUT2D eigenvalue weighted by Gasteiger charge is -2.31. The summed E-state index contributed by atoms with van der Waals surface area (Å²) in [6.45, 7) is 15.0. The van der Waals surface area contributed by atoms with E-state index in [9.17, 15) is 0 Å². The van der Waals surface area contributed by atoms with Gasteiger partial charge in [0.25, 0.3) is 0 Å². The number of aromatic amines is 1. The van der Waals surface area contributed by atoms with Crippen LogP contribution >= 0.6 is 0 Å². The predicted octanol–water partition coefficient (Wildman–Crippen LogP) is 6.57. The van der Waals surface area contributed by atoms with Gasteiger partial charge in [-0.1, -0.05) is 96.5 Å². The summed E-state index contributed by atoms with van der Waals surface area (Å²) in [7, 11) is 0. The molecular formula is C31H43N7O2. The highest BCUT2D eigenvalue weighted by molar-refractivity contribution is 5.80. The Morgan fingerprint density at radius 3 is 2.10 bits per heavy atom. The van der Waals surface area contributed by atoms with Gasteiger partial charge in [0.1, 0.15) is 5.82 Å². The molecule has 9 heteroatoms. The average molecular weight is 546 g/mol. The number of benzene rings is 2. The van der Waals surface area contributed by atoms with E-state index >= 15 is 0 Å². The Kier molecular flexibility index (Phi) is 9.81. The zero-order chi connectivity index (χ0) is 28.6. The van der Waals surface area contributed by atoms with E-state index in [2.05, 4.69) is 92.5 Å². The third-order valence-corrected chi connectivity index (χ3v) is 6.51. The van der Waals surface area contributed by atoms with Crippen molar-refractivity contribution in [3.8, 4) is 22.5 Å². The molecule has 0 saturated carbocycles. The van der Waals surface area contributed by atoms with Crippen molar-refractivity contribution in [2.24, 2.45) is 5.41 Å². The molecule has 0 atom stereocenters. The molecule has 0 aliphatic rings. The lowest BCUT2D eigenvalue weighted by atomic mass is 9.96. The van der Waals surface area contributed by atoms with Gasteiger partial charge in [0.05, 0.1) is 13.2 Å². The molecule has 0 saturated heterocycles. The average Bonchev–Trinajstić information content (AvgIpc) is 3.61. The van der Waals surface area contributed by atoms with Gasteiger partial charge < -0.3 is 9.47 Å². The largest absolute Gasteiger partial charge is 0.343 e. The zero-order valence-electron chi connectivity index (χ0n) is 24.8. The zero-order valence-corrected chi connectivity index (χ0v) is 24.8. The van der Waals surface area contributed by atoms with Crippen molar-refractivity contribution in [3.63, 3.8) is 0 Å². The number of nitrogens with zero attached hydrogens (tertiary/aromatic N) is 6. The number of aromatic nitrogens is 7. The summed E-state index contributed by atoms with van der Waals surface area (Å²) in [6, 6.07) is 16.7. The Balaban J connectivity index is 1.67. The van der Waals surface area contributed by atoms with Crippen LogP contribution in [0.1, 0.15) is 84.4 Å². The second kappa shape index (κ2) is 13.3. The monoisotopic (exact) mass is 545 g/mol. The lowest BCUT2D eigenvalue weighted by molar-refractivity contribution is -0.256. The van der Waals surface area contributed by atoms with E-state index in [1.54, 1.807) is 0 Å². The number of hydrogen-bond acceptors (Lipinski definition) is 7. The van der Waals surface area contributed by atoms with E-state index in [1.807, 2.05) is 22.9 Å². The second-order valence-electron chi connectivity index (χ2n) is 11.4. The Morgan fingerprint density at radius 1 is 0.850 bits per heavy atom. The quantitative estimate of drug-likeness (QED) is 0.179. The normalized spacial score (nSPS) is 12.2. The maximum atomic E-state index is 6.39. The fourth-order valence-corrected chi connectivity index (χ4v) is 4.72. The Hall–Kier alpha value is -3.43. The third-order valence-electron chi connectivity index (χ3n) is 6.51.